The first-order valence-electron chi connectivity index (χ1n) is 8.55. The fourth-order valence-corrected chi connectivity index (χ4v) is 2.42. The highest BCUT2D eigenvalue weighted by molar-refractivity contribution is 5.67. The second kappa shape index (κ2) is 8.57. The second-order valence-corrected chi connectivity index (χ2v) is 6.95. The Kier molecular flexibility index (Phi) is 6.46. The van der Waals surface area contributed by atoms with E-state index >= 15 is 0 Å². The number of rotatable bonds is 8. The minimum absolute atomic E-state index is 0.352. The van der Waals surface area contributed by atoms with Gasteiger partial charge in [-0.3, -0.25) is 0 Å². The summed E-state index contributed by atoms with van der Waals surface area (Å²) < 4.78 is 11.7. The van der Waals surface area contributed by atoms with Crippen LogP contribution in [0.2, 0.25) is 0 Å². The molecule has 0 aliphatic rings. The van der Waals surface area contributed by atoms with Crippen LogP contribution in [0, 0.1) is 0 Å². The fourth-order valence-electron chi connectivity index (χ4n) is 2.42. The van der Waals surface area contributed by atoms with Gasteiger partial charge in [-0.1, -0.05) is 0 Å². The number of ether oxygens (including phenoxy) is 1. The molecule has 0 atom stereocenters. The van der Waals surface area contributed by atoms with Crippen molar-refractivity contribution in [1.82, 2.24) is 14.5 Å². The van der Waals surface area contributed by atoms with Gasteiger partial charge in [0, 0.05) is 38.3 Å². The third-order valence-corrected chi connectivity index (χ3v) is 3.51. The highest BCUT2D eigenvalue weighted by Crippen LogP contribution is 2.06. The van der Waals surface area contributed by atoms with E-state index in [1.807, 2.05) is 20.8 Å². The molecular formula is C18H29N4O2+. The van der Waals surface area contributed by atoms with Gasteiger partial charge in [-0.2, -0.15) is 0 Å². The Morgan fingerprint density at radius 2 is 1.79 bits per heavy atom. The first-order valence-corrected chi connectivity index (χ1v) is 8.55. The molecular weight excluding hydrogens is 304 g/mol. The molecule has 6 heteroatoms. The normalized spacial score (nSPS) is 11.5. The summed E-state index contributed by atoms with van der Waals surface area (Å²) in [4.78, 5) is 11.5. The number of nitrogens with zero attached hydrogens (tertiary/aromatic N) is 3. The number of alkyl carbamates (subject to hydrolysis) is 1. The molecule has 0 aliphatic carbocycles. The maximum atomic E-state index is 11.5. The van der Waals surface area contributed by atoms with Crippen LogP contribution >= 0.6 is 0 Å². The lowest BCUT2D eigenvalue weighted by molar-refractivity contribution is -0.697. The molecule has 0 saturated heterocycles. The number of carbonyl (C=O) groups excluding carboxylic acids is 1. The third kappa shape index (κ3) is 6.89. The van der Waals surface area contributed by atoms with E-state index in [-0.39, 0.29) is 6.09 Å². The summed E-state index contributed by atoms with van der Waals surface area (Å²) in [5, 5.41) is 2.78. The summed E-state index contributed by atoms with van der Waals surface area (Å²) in [5.74, 6) is 0. The summed E-state index contributed by atoms with van der Waals surface area (Å²) in [6, 6.07) is 4.10. The molecule has 2 rings (SSSR count). The number of hydrogen-bond acceptors (Lipinski definition) is 2. The number of nitrogens with one attached hydrogen (secondary N) is 1. The van der Waals surface area contributed by atoms with E-state index in [4.69, 9.17) is 4.74 Å². The third-order valence-electron chi connectivity index (χ3n) is 3.51. The molecule has 0 unspecified atom stereocenters. The van der Waals surface area contributed by atoms with Crippen molar-refractivity contribution < 1.29 is 14.1 Å². The molecule has 0 aromatic carbocycles. The van der Waals surface area contributed by atoms with Crippen LogP contribution in [0.3, 0.4) is 0 Å². The van der Waals surface area contributed by atoms with E-state index < -0.39 is 5.60 Å². The van der Waals surface area contributed by atoms with E-state index in [2.05, 4.69) is 62.3 Å². The number of aromatic nitrogens is 3. The minimum atomic E-state index is -0.448. The Bertz CT molecular complexity index is 611. The topological polar surface area (TPSA) is 52.1 Å². The van der Waals surface area contributed by atoms with E-state index in [0.717, 1.165) is 32.5 Å². The average Bonchev–Trinajstić information content (AvgIpc) is 3.14. The predicted molar refractivity (Wildman–Crippen MR) is 92.5 cm³/mol. The van der Waals surface area contributed by atoms with Crippen LogP contribution in [-0.4, -0.2) is 27.4 Å². The van der Waals surface area contributed by atoms with Crippen molar-refractivity contribution in [3.8, 4) is 0 Å². The Hall–Kier alpha value is -2.24. The Labute approximate surface area is 144 Å². The quantitative estimate of drug-likeness (QED) is 0.596. The Morgan fingerprint density at radius 1 is 1.08 bits per heavy atom. The summed E-state index contributed by atoms with van der Waals surface area (Å²) >= 11 is 0. The highest BCUT2D eigenvalue weighted by atomic mass is 16.6. The molecule has 0 radical (unpaired) electrons. The van der Waals surface area contributed by atoms with E-state index in [1.165, 1.54) is 0 Å². The van der Waals surface area contributed by atoms with Gasteiger partial charge < -0.3 is 14.6 Å². The molecule has 0 bridgehead atoms. The molecule has 2 heterocycles. The zero-order chi connectivity index (χ0) is 17.4. The van der Waals surface area contributed by atoms with Crippen LogP contribution in [0.15, 0.2) is 43.2 Å². The van der Waals surface area contributed by atoms with Gasteiger partial charge in [0.05, 0.1) is 13.1 Å². The van der Waals surface area contributed by atoms with Crippen LogP contribution in [0.4, 0.5) is 4.79 Å². The summed E-state index contributed by atoms with van der Waals surface area (Å²) in [6.07, 6.45) is 12.1. The van der Waals surface area contributed by atoms with Crippen LogP contribution in [0.5, 0.6) is 0 Å². The Morgan fingerprint density at radius 3 is 2.50 bits per heavy atom. The molecule has 132 valence electrons. The second-order valence-electron chi connectivity index (χ2n) is 6.95. The first kappa shape index (κ1) is 18.1. The lowest BCUT2D eigenvalue weighted by Crippen LogP contribution is -2.33. The molecule has 0 fully saturated rings. The molecule has 24 heavy (non-hydrogen) atoms. The summed E-state index contributed by atoms with van der Waals surface area (Å²) in [6.45, 7) is 9.11. The van der Waals surface area contributed by atoms with Crippen molar-refractivity contribution in [1.29, 1.82) is 0 Å². The van der Waals surface area contributed by atoms with Gasteiger partial charge >= 0.3 is 6.09 Å². The number of amides is 1. The average molecular weight is 333 g/mol. The van der Waals surface area contributed by atoms with Crippen LogP contribution in [-0.2, 0) is 24.4 Å². The maximum Gasteiger partial charge on any atom is 0.407 e. The number of hydrogen-bond donors (Lipinski definition) is 1. The summed E-state index contributed by atoms with van der Waals surface area (Å²) in [5.41, 5.74) is -0.448. The first-order chi connectivity index (χ1) is 11.4. The summed E-state index contributed by atoms with van der Waals surface area (Å²) in [7, 11) is 0. The molecule has 1 N–H and O–H groups in total. The van der Waals surface area contributed by atoms with Gasteiger partial charge in [0.15, 0.2) is 0 Å². The number of imidazole rings is 1. The maximum absolute atomic E-state index is 11.5. The van der Waals surface area contributed by atoms with Crippen molar-refractivity contribution in [3.05, 3.63) is 43.2 Å². The standard InChI is InChI=1S/C18H28N4O2/c1-18(2,3)24-17(23)19-8-6-11-21-14-15-22(16-21)13-7-12-20-9-4-5-10-20/h4-5,9-10,14-16H,6-8,11-13H2,1-3H3/p+1. The van der Waals surface area contributed by atoms with Gasteiger partial charge in [0.2, 0.25) is 6.33 Å². The van der Waals surface area contributed by atoms with E-state index in [0.29, 0.717) is 6.54 Å². The molecule has 1 amide bonds. The molecule has 6 nitrogen and oxygen atoms in total. The molecule has 2 aromatic heterocycles. The number of aryl methyl sites for hydroxylation is 3. The SMILES string of the molecule is CC(C)(C)OC(=O)NCCCn1cc[n+](CCCn2cccc2)c1. The van der Waals surface area contributed by atoms with E-state index in [9.17, 15) is 4.79 Å². The van der Waals surface area contributed by atoms with Gasteiger partial charge in [-0.25, -0.2) is 13.9 Å². The largest absolute Gasteiger partial charge is 0.444 e. The monoisotopic (exact) mass is 333 g/mol. The zero-order valence-electron chi connectivity index (χ0n) is 14.9. The van der Waals surface area contributed by atoms with Crippen molar-refractivity contribution in [2.24, 2.45) is 0 Å². The van der Waals surface area contributed by atoms with Crippen molar-refractivity contribution in [2.75, 3.05) is 6.54 Å². The number of carbonyl (C=O) groups is 1. The highest BCUT2D eigenvalue weighted by Gasteiger charge is 2.15. The van der Waals surface area contributed by atoms with Crippen LogP contribution in [0.1, 0.15) is 33.6 Å². The lowest BCUT2D eigenvalue weighted by Gasteiger charge is -2.19. The van der Waals surface area contributed by atoms with E-state index in [1.54, 1.807) is 0 Å². The van der Waals surface area contributed by atoms with Gasteiger partial charge in [-0.15, -0.1) is 0 Å². The fraction of sp³-hybridized carbons (Fsp3) is 0.556. The van der Waals surface area contributed by atoms with Crippen molar-refractivity contribution >= 4 is 6.09 Å². The predicted octanol–water partition coefficient (Wildman–Crippen LogP) is 2.58. The smallest absolute Gasteiger partial charge is 0.407 e. The molecule has 0 saturated carbocycles. The van der Waals surface area contributed by atoms with Gasteiger partial charge in [-0.05, 0) is 32.9 Å². The lowest BCUT2D eigenvalue weighted by atomic mass is 10.2. The van der Waals surface area contributed by atoms with Crippen molar-refractivity contribution in [3.63, 3.8) is 0 Å². The minimum Gasteiger partial charge on any atom is -0.444 e. The van der Waals surface area contributed by atoms with Crippen LogP contribution < -0.4 is 9.88 Å². The molecule has 0 spiro atoms. The molecule has 2 aromatic rings. The Balaban J connectivity index is 1.60. The van der Waals surface area contributed by atoms with Gasteiger partial charge in [0.1, 0.15) is 18.0 Å². The van der Waals surface area contributed by atoms with Crippen molar-refractivity contribution in [2.45, 2.75) is 58.8 Å². The molecule has 0 aliphatic heterocycles. The van der Waals surface area contributed by atoms with Crippen LogP contribution in [0.25, 0.3) is 0 Å². The van der Waals surface area contributed by atoms with Gasteiger partial charge in [0.25, 0.3) is 0 Å². The zero-order valence-corrected chi connectivity index (χ0v) is 14.9.